The number of rotatable bonds is 5. The van der Waals surface area contributed by atoms with Gasteiger partial charge in [-0.2, -0.15) is 0 Å². The summed E-state index contributed by atoms with van der Waals surface area (Å²) in [4.78, 5) is 10.6. The first-order valence-electron chi connectivity index (χ1n) is 6.97. The lowest BCUT2D eigenvalue weighted by Gasteiger charge is -2.17. The molecule has 0 heterocycles. The van der Waals surface area contributed by atoms with Gasteiger partial charge in [0.05, 0.1) is 0 Å². The molecule has 1 aliphatic carbocycles. The molecule has 0 amide bonds. The molecule has 1 N–H and O–H groups in total. The van der Waals surface area contributed by atoms with Crippen LogP contribution in [0.1, 0.15) is 49.3 Å². The number of hydrogen-bond donors (Lipinski definition) is 1. The van der Waals surface area contributed by atoms with Crippen LogP contribution < -0.4 is 0 Å². The van der Waals surface area contributed by atoms with Crippen LogP contribution in [0.3, 0.4) is 0 Å². The van der Waals surface area contributed by atoms with Crippen LogP contribution in [0, 0.1) is 5.92 Å². The van der Waals surface area contributed by atoms with Crippen molar-refractivity contribution in [2.45, 2.75) is 51.9 Å². The Hall–Kier alpha value is -1.31. The monoisotopic (exact) mass is 246 g/mol. The van der Waals surface area contributed by atoms with E-state index >= 15 is 0 Å². The number of carbonyl (C=O) groups is 1. The van der Waals surface area contributed by atoms with Crippen LogP contribution in [0.15, 0.2) is 18.2 Å². The zero-order chi connectivity index (χ0) is 13.0. The first kappa shape index (κ1) is 13.1. The van der Waals surface area contributed by atoms with Crippen molar-refractivity contribution >= 4 is 5.97 Å². The highest BCUT2D eigenvalue weighted by molar-refractivity contribution is 5.66. The van der Waals surface area contributed by atoms with Crippen LogP contribution in [0.4, 0.5) is 0 Å². The topological polar surface area (TPSA) is 37.3 Å². The van der Waals surface area contributed by atoms with Gasteiger partial charge >= 0.3 is 5.97 Å². The van der Waals surface area contributed by atoms with Crippen molar-refractivity contribution in [2.75, 3.05) is 0 Å². The predicted octanol–water partition coefficient (Wildman–Crippen LogP) is 3.61. The number of aryl methyl sites for hydroxylation is 3. The molecule has 1 aliphatic rings. The van der Waals surface area contributed by atoms with Gasteiger partial charge < -0.3 is 5.11 Å². The average molecular weight is 246 g/mol. The van der Waals surface area contributed by atoms with Gasteiger partial charge in [0.2, 0.25) is 0 Å². The lowest BCUT2D eigenvalue weighted by molar-refractivity contribution is -0.138. The van der Waals surface area contributed by atoms with Crippen molar-refractivity contribution in [1.82, 2.24) is 0 Å². The molecule has 0 spiro atoms. The van der Waals surface area contributed by atoms with Crippen molar-refractivity contribution in [2.24, 2.45) is 5.92 Å². The van der Waals surface area contributed by atoms with E-state index in [9.17, 15) is 4.79 Å². The summed E-state index contributed by atoms with van der Waals surface area (Å²) in [5.74, 6) is -0.425. The summed E-state index contributed by atoms with van der Waals surface area (Å²) in [5, 5.41) is 8.74. The second kappa shape index (κ2) is 6.03. The second-order valence-corrected chi connectivity index (χ2v) is 5.55. The minimum absolute atomic E-state index is 0.263. The van der Waals surface area contributed by atoms with E-state index in [1.165, 1.54) is 42.4 Å². The molecule has 1 atom stereocenters. The first-order valence-corrected chi connectivity index (χ1v) is 6.97. The maximum atomic E-state index is 10.6. The van der Waals surface area contributed by atoms with E-state index in [1.807, 2.05) is 6.92 Å². The van der Waals surface area contributed by atoms with Crippen molar-refractivity contribution in [3.63, 3.8) is 0 Å². The van der Waals surface area contributed by atoms with Gasteiger partial charge in [0.25, 0.3) is 0 Å². The minimum Gasteiger partial charge on any atom is -0.481 e. The fourth-order valence-electron chi connectivity index (χ4n) is 2.76. The molecule has 2 rings (SSSR count). The molecule has 1 unspecified atom stereocenters. The molecule has 0 saturated heterocycles. The van der Waals surface area contributed by atoms with E-state index < -0.39 is 5.97 Å². The molecule has 18 heavy (non-hydrogen) atoms. The van der Waals surface area contributed by atoms with E-state index in [0.29, 0.717) is 0 Å². The molecular weight excluding hydrogens is 224 g/mol. The van der Waals surface area contributed by atoms with E-state index in [1.54, 1.807) is 0 Å². The quantitative estimate of drug-likeness (QED) is 0.861. The summed E-state index contributed by atoms with van der Waals surface area (Å²) < 4.78 is 0. The Morgan fingerprint density at radius 3 is 2.72 bits per heavy atom. The Labute approximate surface area is 109 Å². The van der Waals surface area contributed by atoms with Crippen LogP contribution in [-0.4, -0.2) is 11.1 Å². The summed E-state index contributed by atoms with van der Waals surface area (Å²) in [6, 6.07) is 6.82. The maximum absolute atomic E-state index is 10.6. The predicted molar refractivity (Wildman–Crippen MR) is 72.8 cm³/mol. The van der Waals surface area contributed by atoms with Crippen molar-refractivity contribution < 1.29 is 9.90 Å². The maximum Gasteiger partial charge on any atom is 0.303 e. The van der Waals surface area contributed by atoms with Gasteiger partial charge in [-0.15, -0.1) is 0 Å². The Bertz CT molecular complexity index is 423. The van der Waals surface area contributed by atoms with E-state index in [2.05, 4.69) is 18.2 Å². The molecule has 0 radical (unpaired) electrons. The fraction of sp³-hybridized carbons (Fsp3) is 0.562. The van der Waals surface area contributed by atoms with Crippen LogP contribution in [0.2, 0.25) is 0 Å². The van der Waals surface area contributed by atoms with Crippen molar-refractivity contribution in [3.8, 4) is 0 Å². The Morgan fingerprint density at radius 1 is 1.28 bits per heavy atom. The molecule has 0 saturated carbocycles. The number of hydrogen-bond acceptors (Lipinski definition) is 1. The Balaban J connectivity index is 1.91. The molecule has 0 aliphatic heterocycles. The largest absolute Gasteiger partial charge is 0.481 e. The highest BCUT2D eigenvalue weighted by atomic mass is 16.4. The van der Waals surface area contributed by atoms with Crippen LogP contribution in [-0.2, 0) is 24.1 Å². The minimum atomic E-state index is -0.687. The molecule has 0 bridgehead atoms. The lowest BCUT2D eigenvalue weighted by Crippen LogP contribution is -2.06. The van der Waals surface area contributed by atoms with Crippen molar-refractivity contribution in [3.05, 3.63) is 34.9 Å². The number of fused-ring (bicyclic) bond motifs is 1. The summed E-state index contributed by atoms with van der Waals surface area (Å²) in [6.07, 6.45) is 7.32. The summed E-state index contributed by atoms with van der Waals surface area (Å²) >= 11 is 0. The highest BCUT2D eigenvalue weighted by Gasteiger charge is 2.11. The molecule has 2 heteroatoms. The zero-order valence-corrected chi connectivity index (χ0v) is 11.1. The third-order valence-corrected chi connectivity index (χ3v) is 3.86. The number of benzene rings is 1. The summed E-state index contributed by atoms with van der Waals surface area (Å²) in [6.45, 7) is 2.02. The van der Waals surface area contributed by atoms with Gasteiger partial charge in [0, 0.05) is 6.42 Å². The number of carboxylic acids is 1. The standard InChI is InChI=1S/C16H22O2/c1-12(10-16(17)18)6-7-13-8-9-14-4-2-3-5-15(14)11-13/h8-9,11-12H,2-7,10H2,1H3,(H,17,18). The highest BCUT2D eigenvalue weighted by Crippen LogP contribution is 2.23. The van der Waals surface area contributed by atoms with Crippen LogP contribution >= 0.6 is 0 Å². The SMILES string of the molecule is CC(CCc1ccc2c(c1)CCCC2)CC(=O)O. The molecular formula is C16H22O2. The van der Waals surface area contributed by atoms with Crippen LogP contribution in [0.25, 0.3) is 0 Å². The van der Waals surface area contributed by atoms with E-state index in [4.69, 9.17) is 5.11 Å². The Morgan fingerprint density at radius 2 is 2.00 bits per heavy atom. The lowest BCUT2D eigenvalue weighted by atomic mass is 9.89. The second-order valence-electron chi connectivity index (χ2n) is 5.55. The smallest absolute Gasteiger partial charge is 0.303 e. The molecule has 98 valence electrons. The van der Waals surface area contributed by atoms with E-state index in [0.717, 1.165) is 12.8 Å². The summed E-state index contributed by atoms with van der Waals surface area (Å²) in [5.41, 5.74) is 4.40. The van der Waals surface area contributed by atoms with Gasteiger partial charge in [-0.25, -0.2) is 0 Å². The zero-order valence-electron chi connectivity index (χ0n) is 11.1. The summed E-state index contributed by atoms with van der Waals surface area (Å²) in [7, 11) is 0. The van der Waals surface area contributed by atoms with Gasteiger partial charge in [0.1, 0.15) is 0 Å². The normalized spacial score (nSPS) is 16.1. The van der Waals surface area contributed by atoms with E-state index in [-0.39, 0.29) is 12.3 Å². The average Bonchev–Trinajstić information content (AvgIpc) is 2.35. The van der Waals surface area contributed by atoms with Crippen LogP contribution in [0.5, 0.6) is 0 Å². The third-order valence-electron chi connectivity index (χ3n) is 3.86. The molecule has 0 fully saturated rings. The molecule has 2 nitrogen and oxygen atoms in total. The number of aliphatic carboxylic acids is 1. The third kappa shape index (κ3) is 3.59. The first-order chi connectivity index (χ1) is 8.65. The fourth-order valence-corrected chi connectivity index (χ4v) is 2.76. The molecule has 0 aromatic heterocycles. The van der Waals surface area contributed by atoms with Gasteiger partial charge in [-0.3, -0.25) is 4.79 Å². The van der Waals surface area contributed by atoms with Gasteiger partial charge in [-0.05, 0) is 61.1 Å². The van der Waals surface area contributed by atoms with Gasteiger partial charge in [0.15, 0.2) is 0 Å². The molecule has 1 aromatic rings. The Kier molecular flexibility index (Phi) is 4.40. The van der Waals surface area contributed by atoms with Crippen molar-refractivity contribution in [1.29, 1.82) is 0 Å². The number of carboxylic acid groups (broad SMARTS) is 1. The molecule has 1 aromatic carbocycles. The van der Waals surface area contributed by atoms with Gasteiger partial charge in [-0.1, -0.05) is 25.1 Å².